The minimum Gasteiger partial charge on any atom is -0.376 e. The molecular weight excluding hydrogens is 330 g/mol. The second-order valence-electron chi connectivity index (χ2n) is 4.60. The fourth-order valence-electron chi connectivity index (χ4n) is 2.09. The molecule has 1 unspecified atom stereocenters. The molecule has 3 rings (SSSR count). The van der Waals surface area contributed by atoms with Crippen LogP contribution in [-0.4, -0.2) is 0 Å². The molecule has 1 aliphatic rings. The van der Waals surface area contributed by atoms with Gasteiger partial charge in [0.25, 0.3) is 0 Å². The molecule has 0 aliphatic heterocycles. The number of halogens is 2. The van der Waals surface area contributed by atoms with E-state index in [0.29, 0.717) is 6.04 Å². The molecule has 1 N–H and O–H groups in total. The first-order valence-corrected chi connectivity index (χ1v) is 8.04. The Hall–Kier alpha value is -0.510. The fraction of sp³-hybridized carbons (Fsp3) is 0.286. The minimum absolute atomic E-state index is 0.416. The van der Waals surface area contributed by atoms with Crippen molar-refractivity contribution in [1.29, 1.82) is 0 Å². The van der Waals surface area contributed by atoms with Gasteiger partial charge in [0.1, 0.15) is 0 Å². The topological polar surface area (TPSA) is 12.0 Å². The van der Waals surface area contributed by atoms with Crippen LogP contribution in [0.3, 0.4) is 0 Å². The first-order valence-electron chi connectivity index (χ1n) is 5.99. The smallest absolute Gasteiger partial charge is 0.0635 e. The van der Waals surface area contributed by atoms with Crippen LogP contribution in [0.5, 0.6) is 0 Å². The van der Waals surface area contributed by atoms with Gasteiger partial charge in [-0.25, -0.2) is 0 Å². The molecule has 0 radical (unpaired) electrons. The number of anilines is 1. The van der Waals surface area contributed by atoms with Gasteiger partial charge in [-0.05, 0) is 64.3 Å². The van der Waals surface area contributed by atoms with Crippen molar-refractivity contribution in [3.05, 3.63) is 50.1 Å². The van der Waals surface area contributed by atoms with Gasteiger partial charge in [-0.1, -0.05) is 17.7 Å². The van der Waals surface area contributed by atoms with Crippen LogP contribution in [0.15, 0.2) is 40.2 Å². The molecule has 0 saturated heterocycles. The van der Waals surface area contributed by atoms with Crippen LogP contribution in [0.2, 0.25) is 5.02 Å². The summed E-state index contributed by atoms with van der Waals surface area (Å²) in [5.74, 6) is 0.759. The Morgan fingerprint density at radius 2 is 2.17 bits per heavy atom. The van der Waals surface area contributed by atoms with Crippen LogP contribution in [0, 0.1) is 5.92 Å². The molecule has 18 heavy (non-hydrogen) atoms. The molecule has 94 valence electrons. The number of hydrogen-bond donors (Lipinski definition) is 1. The second-order valence-corrected chi connectivity index (χ2v) is 6.87. The molecule has 1 nitrogen and oxygen atoms in total. The summed E-state index contributed by atoms with van der Waals surface area (Å²) in [6.45, 7) is 0. The Labute approximate surface area is 124 Å². The normalized spacial score (nSPS) is 16.6. The van der Waals surface area contributed by atoms with Crippen molar-refractivity contribution >= 4 is 44.6 Å². The van der Waals surface area contributed by atoms with E-state index in [9.17, 15) is 0 Å². The Kier molecular flexibility index (Phi) is 3.64. The van der Waals surface area contributed by atoms with Gasteiger partial charge in [0.2, 0.25) is 0 Å². The summed E-state index contributed by atoms with van der Waals surface area (Å²) < 4.78 is 1.06. The maximum absolute atomic E-state index is 6.06. The maximum Gasteiger partial charge on any atom is 0.0635 e. The van der Waals surface area contributed by atoms with Crippen molar-refractivity contribution in [2.75, 3.05) is 5.32 Å². The molecule has 0 amide bonds. The zero-order valence-corrected chi connectivity index (χ0v) is 12.9. The SMILES string of the molecule is Clc1ccc(Br)c(NC(c2cccs2)C2CC2)c1. The first kappa shape index (κ1) is 12.5. The summed E-state index contributed by atoms with van der Waals surface area (Å²) in [4.78, 5) is 1.41. The quantitative estimate of drug-likeness (QED) is 0.748. The average Bonchev–Trinajstić information content (AvgIpc) is 3.05. The molecule has 4 heteroatoms. The van der Waals surface area contributed by atoms with Crippen LogP contribution in [0.1, 0.15) is 23.8 Å². The van der Waals surface area contributed by atoms with Gasteiger partial charge in [0.05, 0.1) is 11.7 Å². The Morgan fingerprint density at radius 3 is 2.83 bits per heavy atom. The van der Waals surface area contributed by atoms with E-state index in [0.717, 1.165) is 21.1 Å². The fourth-order valence-corrected chi connectivity index (χ4v) is 3.50. The summed E-state index contributed by atoms with van der Waals surface area (Å²) >= 11 is 11.5. The first-order chi connectivity index (χ1) is 8.74. The van der Waals surface area contributed by atoms with Crippen molar-refractivity contribution < 1.29 is 0 Å². The lowest BCUT2D eigenvalue weighted by molar-refractivity contribution is 0.690. The summed E-state index contributed by atoms with van der Waals surface area (Å²) in [5, 5.41) is 6.54. The molecule has 0 spiro atoms. The monoisotopic (exact) mass is 341 g/mol. The van der Waals surface area contributed by atoms with E-state index >= 15 is 0 Å². The average molecular weight is 343 g/mol. The number of benzene rings is 1. The predicted octanol–water partition coefficient (Wildman–Crippen LogP) is 5.73. The highest BCUT2D eigenvalue weighted by Crippen LogP contribution is 2.45. The van der Waals surface area contributed by atoms with E-state index in [1.165, 1.54) is 17.7 Å². The summed E-state index contributed by atoms with van der Waals surface area (Å²) in [5.41, 5.74) is 1.08. The van der Waals surface area contributed by atoms with Crippen LogP contribution < -0.4 is 5.32 Å². The van der Waals surface area contributed by atoms with Crippen LogP contribution in [0.25, 0.3) is 0 Å². The molecular formula is C14H13BrClNS. The Bertz CT molecular complexity index is 537. The lowest BCUT2D eigenvalue weighted by Crippen LogP contribution is -2.11. The lowest BCUT2D eigenvalue weighted by Gasteiger charge is -2.19. The number of hydrogen-bond acceptors (Lipinski definition) is 2. The zero-order valence-electron chi connectivity index (χ0n) is 9.70. The predicted molar refractivity (Wildman–Crippen MR) is 82.6 cm³/mol. The molecule has 0 bridgehead atoms. The number of rotatable bonds is 4. The third-order valence-electron chi connectivity index (χ3n) is 3.18. The van der Waals surface area contributed by atoms with E-state index in [4.69, 9.17) is 11.6 Å². The highest BCUT2D eigenvalue weighted by molar-refractivity contribution is 9.10. The van der Waals surface area contributed by atoms with Crippen LogP contribution in [0.4, 0.5) is 5.69 Å². The van der Waals surface area contributed by atoms with Crippen molar-refractivity contribution in [3.63, 3.8) is 0 Å². The highest BCUT2D eigenvalue weighted by atomic mass is 79.9. The Balaban J connectivity index is 1.86. The molecule has 1 aromatic carbocycles. The zero-order chi connectivity index (χ0) is 12.5. The van der Waals surface area contributed by atoms with E-state index in [1.54, 1.807) is 0 Å². The van der Waals surface area contributed by atoms with Gasteiger partial charge in [0, 0.05) is 14.4 Å². The van der Waals surface area contributed by atoms with Crippen molar-refractivity contribution in [3.8, 4) is 0 Å². The largest absolute Gasteiger partial charge is 0.376 e. The Morgan fingerprint density at radius 1 is 1.33 bits per heavy atom. The van der Waals surface area contributed by atoms with Crippen molar-refractivity contribution in [1.82, 2.24) is 0 Å². The summed E-state index contributed by atoms with van der Waals surface area (Å²) in [7, 11) is 0. The van der Waals surface area contributed by atoms with E-state index in [1.807, 2.05) is 29.5 Å². The van der Waals surface area contributed by atoms with Crippen molar-refractivity contribution in [2.24, 2.45) is 5.92 Å². The highest BCUT2D eigenvalue weighted by Gasteiger charge is 2.33. The van der Waals surface area contributed by atoms with Crippen LogP contribution >= 0.6 is 38.9 Å². The van der Waals surface area contributed by atoms with Gasteiger partial charge in [-0.3, -0.25) is 0 Å². The summed E-state index contributed by atoms with van der Waals surface area (Å²) in [6, 6.07) is 10.6. The van der Waals surface area contributed by atoms with Gasteiger partial charge < -0.3 is 5.32 Å². The van der Waals surface area contributed by atoms with Gasteiger partial charge >= 0.3 is 0 Å². The molecule has 1 heterocycles. The summed E-state index contributed by atoms with van der Waals surface area (Å²) in [6.07, 6.45) is 2.63. The maximum atomic E-state index is 6.06. The number of nitrogens with one attached hydrogen (secondary N) is 1. The second kappa shape index (κ2) is 5.24. The third-order valence-corrected chi connectivity index (χ3v) is 5.06. The minimum atomic E-state index is 0.416. The van der Waals surface area contributed by atoms with Gasteiger partial charge in [-0.15, -0.1) is 11.3 Å². The molecule has 2 aromatic rings. The number of thiophene rings is 1. The van der Waals surface area contributed by atoms with E-state index in [-0.39, 0.29) is 0 Å². The van der Waals surface area contributed by atoms with Gasteiger partial charge in [0.15, 0.2) is 0 Å². The van der Waals surface area contributed by atoms with E-state index < -0.39 is 0 Å². The van der Waals surface area contributed by atoms with Crippen molar-refractivity contribution in [2.45, 2.75) is 18.9 Å². The lowest BCUT2D eigenvalue weighted by atomic mass is 10.1. The standard InChI is InChI=1S/C14H13BrClNS/c15-11-6-5-10(16)8-12(11)17-14(9-3-4-9)13-2-1-7-18-13/h1-2,5-9,14,17H,3-4H2. The molecule has 1 aliphatic carbocycles. The van der Waals surface area contributed by atoms with E-state index in [2.05, 4.69) is 38.8 Å². The van der Waals surface area contributed by atoms with Gasteiger partial charge in [-0.2, -0.15) is 0 Å². The molecule has 1 aromatic heterocycles. The van der Waals surface area contributed by atoms with Crippen LogP contribution in [-0.2, 0) is 0 Å². The molecule has 1 fully saturated rings. The molecule has 1 saturated carbocycles. The third kappa shape index (κ3) is 2.73. The molecule has 1 atom stereocenters.